The highest BCUT2D eigenvalue weighted by molar-refractivity contribution is 7.89. The van der Waals surface area contributed by atoms with Gasteiger partial charge in [-0.2, -0.15) is 4.31 Å². The fraction of sp³-hybridized carbons (Fsp3) is 0.250. The van der Waals surface area contributed by atoms with Crippen molar-refractivity contribution in [2.75, 3.05) is 25.5 Å². The van der Waals surface area contributed by atoms with Gasteiger partial charge in [-0.3, -0.25) is 10.1 Å². The average molecular weight is 428 g/mol. The van der Waals surface area contributed by atoms with E-state index in [4.69, 9.17) is 9.15 Å². The highest BCUT2D eigenvalue weighted by Crippen LogP contribution is 2.24. The first-order valence-corrected chi connectivity index (χ1v) is 10.8. The molecule has 1 N–H and O–H groups in total. The summed E-state index contributed by atoms with van der Waals surface area (Å²) in [5.41, 5.74) is 0.958. The molecule has 9 nitrogen and oxygen atoms in total. The lowest BCUT2D eigenvalue weighted by atomic mass is 10.2. The van der Waals surface area contributed by atoms with Gasteiger partial charge in [0, 0.05) is 24.2 Å². The molecule has 10 heteroatoms. The second kappa shape index (κ2) is 8.25. The van der Waals surface area contributed by atoms with Gasteiger partial charge in [0.15, 0.2) is 0 Å². The molecule has 0 atom stereocenters. The molecule has 1 saturated heterocycles. The Morgan fingerprint density at radius 2 is 1.70 bits per heavy atom. The fourth-order valence-electron chi connectivity index (χ4n) is 3.15. The van der Waals surface area contributed by atoms with Gasteiger partial charge in [0.05, 0.1) is 12.0 Å². The molecule has 0 spiro atoms. The van der Waals surface area contributed by atoms with E-state index in [1.807, 2.05) is 0 Å². The first-order valence-electron chi connectivity index (χ1n) is 9.37. The van der Waals surface area contributed by atoms with Crippen molar-refractivity contribution in [1.29, 1.82) is 0 Å². The quantitative estimate of drug-likeness (QED) is 0.642. The maximum atomic E-state index is 12.6. The first-order chi connectivity index (χ1) is 14.5. The number of carbonyl (C=O) groups is 1. The summed E-state index contributed by atoms with van der Waals surface area (Å²) in [6.45, 7) is 1.05. The van der Waals surface area contributed by atoms with Crippen molar-refractivity contribution < 1.29 is 22.4 Å². The Labute approximate surface area is 173 Å². The van der Waals surface area contributed by atoms with Crippen LogP contribution in [0.1, 0.15) is 23.2 Å². The minimum absolute atomic E-state index is 0.0559. The van der Waals surface area contributed by atoms with Crippen molar-refractivity contribution in [1.82, 2.24) is 14.5 Å². The fourth-order valence-corrected chi connectivity index (χ4v) is 4.67. The number of methoxy groups -OCH3 is 1. The summed E-state index contributed by atoms with van der Waals surface area (Å²) >= 11 is 0. The molecule has 3 aromatic rings. The van der Waals surface area contributed by atoms with Crippen LogP contribution in [0.15, 0.2) is 57.8 Å². The summed E-state index contributed by atoms with van der Waals surface area (Å²) in [7, 11) is -1.95. The number of carbonyl (C=O) groups excluding carboxylic acids is 1. The summed E-state index contributed by atoms with van der Waals surface area (Å²) in [5, 5.41) is 10.3. The van der Waals surface area contributed by atoms with Crippen molar-refractivity contribution in [2.24, 2.45) is 0 Å². The second-order valence-corrected chi connectivity index (χ2v) is 8.67. The number of hydrogen-bond donors (Lipinski definition) is 1. The van der Waals surface area contributed by atoms with Crippen molar-refractivity contribution in [3.8, 4) is 17.2 Å². The summed E-state index contributed by atoms with van der Waals surface area (Å²) in [4.78, 5) is 12.6. The van der Waals surface area contributed by atoms with Crippen LogP contribution in [0.4, 0.5) is 6.01 Å². The molecule has 1 fully saturated rings. The van der Waals surface area contributed by atoms with Gasteiger partial charge in [-0.1, -0.05) is 5.10 Å². The summed E-state index contributed by atoms with van der Waals surface area (Å²) in [6, 6.07) is 12.8. The Kier molecular flexibility index (Phi) is 5.51. The minimum atomic E-state index is -3.52. The molecule has 1 amide bonds. The van der Waals surface area contributed by atoms with Gasteiger partial charge in [0.1, 0.15) is 5.75 Å². The molecule has 156 valence electrons. The van der Waals surface area contributed by atoms with Crippen LogP contribution in [-0.4, -0.2) is 49.0 Å². The van der Waals surface area contributed by atoms with E-state index in [0.717, 1.165) is 12.8 Å². The number of anilines is 1. The number of nitrogens with zero attached hydrogens (tertiary/aromatic N) is 3. The molecular formula is C20H20N4O5S. The predicted molar refractivity (Wildman–Crippen MR) is 109 cm³/mol. The third-order valence-electron chi connectivity index (χ3n) is 4.80. The average Bonchev–Trinajstić information content (AvgIpc) is 3.47. The van der Waals surface area contributed by atoms with Crippen molar-refractivity contribution in [2.45, 2.75) is 17.7 Å². The van der Waals surface area contributed by atoms with Crippen LogP contribution in [-0.2, 0) is 10.0 Å². The number of nitrogens with one attached hydrogen (secondary N) is 1. The summed E-state index contributed by atoms with van der Waals surface area (Å²) in [6.07, 6.45) is 1.73. The molecule has 0 unspecified atom stereocenters. The lowest BCUT2D eigenvalue weighted by Crippen LogP contribution is -2.27. The molecule has 30 heavy (non-hydrogen) atoms. The minimum Gasteiger partial charge on any atom is -0.497 e. The molecular weight excluding hydrogens is 408 g/mol. The number of benzene rings is 2. The largest absolute Gasteiger partial charge is 0.497 e. The van der Waals surface area contributed by atoms with E-state index < -0.39 is 15.9 Å². The van der Waals surface area contributed by atoms with Crippen LogP contribution >= 0.6 is 0 Å². The van der Waals surface area contributed by atoms with Crippen LogP contribution in [0.3, 0.4) is 0 Å². The van der Waals surface area contributed by atoms with Gasteiger partial charge in [-0.25, -0.2) is 8.42 Å². The predicted octanol–water partition coefficient (Wildman–Crippen LogP) is 2.78. The van der Waals surface area contributed by atoms with Crippen molar-refractivity contribution >= 4 is 21.9 Å². The van der Waals surface area contributed by atoms with Crippen LogP contribution < -0.4 is 10.1 Å². The van der Waals surface area contributed by atoms with Gasteiger partial charge in [-0.05, 0) is 61.4 Å². The third-order valence-corrected chi connectivity index (χ3v) is 6.71. The molecule has 1 aromatic heterocycles. The lowest BCUT2D eigenvalue weighted by Gasteiger charge is -2.15. The van der Waals surface area contributed by atoms with E-state index in [0.29, 0.717) is 24.4 Å². The van der Waals surface area contributed by atoms with E-state index >= 15 is 0 Å². The molecule has 1 aliphatic rings. The van der Waals surface area contributed by atoms with Gasteiger partial charge in [0.25, 0.3) is 5.91 Å². The molecule has 0 aliphatic carbocycles. The van der Waals surface area contributed by atoms with Crippen LogP contribution in [0.2, 0.25) is 0 Å². The molecule has 1 aliphatic heterocycles. The highest BCUT2D eigenvalue weighted by Gasteiger charge is 2.27. The Bertz CT molecular complexity index is 1130. The number of amides is 1. The monoisotopic (exact) mass is 428 g/mol. The second-order valence-electron chi connectivity index (χ2n) is 6.73. The van der Waals surface area contributed by atoms with E-state index in [1.165, 1.54) is 28.6 Å². The molecule has 0 saturated carbocycles. The van der Waals surface area contributed by atoms with E-state index in [-0.39, 0.29) is 22.4 Å². The Balaban J connectivity index is 1.44. The first kappa shape index (κ1) is 20.0. The lowest BCUT2D eigenvalue weighted by molar-refractivity contribution is 0.102. The number of aromatic nitrogens is 2. The Hall–Kier alpha value is -3.24. The van der Waals surface area contributed by atoms with Crippen LogP contribution in [0.25, 0.3) is 11.5 Å². The van der Waals surface area contributed by atoms with E-state index in [2.05, 4.69) is 15.5 Å². The number of rotatable bonds is 6. The molecule has 2 heterocycles. The van der Waals surface area contributed by atoms with Crippen molar-refractivity contribution in [3.05, 3.63) is 54.1 Å². The van der Waals surface area contributed by atoms with Gasteiger partial charge in [0.2, 0.25) is 15.9 Å². The zero-order valence-electron chi connectivity index (χ0n) is 16.2. The van der Waals surface area contributed by atoms with E-state index in [1.54, 1.807) is 31.4 Å². The standard InChI is InChI=1S/C20H20N4O5S/c1-28-16-8-4-15(5-9-16)19-22-23-20(29-19)21-18(25)14-6-10-17(11-7-14)30(26,27)24-12-2-3-13-24/h4-11H,2-3,12-13H2,1H3,(H,21,23,25). The van der Waals surface area contributed by atoms with Gasteiger partial charge < -0.3 is 9.15 Å². The maximum Gasteiger partial charge on any atom is 0.322 e. The van der Waals surface area contributed by atoms with Crippen LogP contribution in [0.5, 0.6) is 5.75 Å². The molecule has 0 radical (unpaired) electrons. The molecule has 0 bridgehead atoms. The third kappa shape index (κ3) is 4.05. The van der Waals surface area contributed by atoms with Gasteiger partial charge in [-0.15, -0.1) is 5.10 Å². The highest BCUT2D eigenvalue weighted by atomic mass is 32.2. The molecule has 4 rings (SSSR count). The van der Waals surface area contributed by atoms with E-state index in [9.17, 15) is 13.2 Å². The molecule has 2 aromatic carbocycles. The number of sulfonamides is 1. The normalized spacial score (nSPS) is 14.6. The number of hydrogen-bond acceptors (Lipinski definition) is 7. The van der Waals surface area contributed by atoms with Crippen LogP contribution in [0, 0.1) is 0 Å². The zero-order chi connectivity index (χ0) is 21.1. The SMILES string of the molecule is COc1ccc(-c2nnc(NC(=O)c3ccc(S(=O)(=O)N4CCCC4)cc3)o2)cc1. The smallest absolute Gasteiger partial charge is 0.322 e. The summed E-state index contributed by atoms with van der Waals surface area (Å²) < 4.78 is 37.2. The number of ether oxygens (including phenoxy) is 1. The maximum absolute atomic E-state index is 12.6. The zero-order valence-corrected chi connectivity index (χ0v) is 17.1. The van der Waals surface area contributed by atoms with Gasteiger partial charge >= 0.3 is 6.01 Å². The Morgan fingerprint density at radius 3 is 2.33 bits per heavy atom. The topological polar surface area (TPSA) is 115 Å². The Morgan fingerprint density at radius 1 is 1.03 bits per heavy atom. The summed E-state index contributed by atoms with van der Waals surface area (Å²) in [5.74, 6) is 0.465. The van der Waals surface area contributed by atoms with Crippen molar-refractivity contribution in [3.63, 3.8) is 0 Å².